The predicted octanol–water partition coefficient (Wildman–Crippen LogP) is 3.38. The molecule has 4 nitrogen and oxygen atoms in total. The summed E-state index contributed by atoms with van der Waals surface area (Å²) >= 11 is 6.09. The number of nitrogens with zero attached hydrogens (tertiary/aromatic N) is 3. The Morgan fingerprint density at radius 3 is 2.81 bits per heavy atom. The molecule has 0 saturated heterocycles. The molecule has 0 spiro atoms. The van der Waals surface area contributed by atoms with E-state index in [1.807, 2.05) is 28.9 Å². The predicted molar refractivity (Wildman–Crippen MR) is 83.3 cm³/mol. The quantitative estimate of drug-likeness (QED) is 0.803. The number of benzene rings is 1. The Labute approximate surface area is 128 Å². The minimum absolute atomic E-state index is 0.393. The highest BCUT2D eigenvalue weighted by Gasteiger charge is 2.17. The van der Waals surface area contributed by atoms with Gasteiger partial charge in [0.25, 0.3) is 0 Å². The van der Waals surface area contributed by atoms with Gasteiger partial charge < -0.3 is 5.11 Å². The van der Waals surface area contributed by atoms with Gasteiger partial charge in [0.15, 0.2) is 0 Å². The number of aliphatic hydroxyl groups excluding tert-OH is 1. The van der Waals surface area contributed by atoms with E-state index < -0.39 is 6.10 Å². The molecule has 0 aliphatic heterocycles. The minimum atomic E-state index is -0.762. The summed E-state index contributed by atoms with van der Waals surface area (Å²) in [6, 6.07) is 11.5. The second kappa shape index (κ2) is 5.84. The van der Waals surface area contributed by atoms with Crippen LogP contribution in [0.25, 0.3) is 10.9 Å². The van der Waals surface area contributed by atoms with Gasteiger partial charge in [0.1, 0.15) is 6.10 Å². The van der Waals surface area contributed by atoms with Gasteiger partial charge in [0.05, 0.1) is 21.9 Å². The lowest BCUT2D eigenvalue weighted by Crippen LogP contribution is -2.06. The molecule has 0 bridgehead atoms. The highest BCUT2D eigenvalue weighted by Crippen LogP contribution is 2.26. The molecule has 1 unspecified atom stereocenters. The van der Waals surface area contributed by atoms with Gasteiger partial charge in [0, 0.05) is 24.5 Å². The number of halogens is 1. The Morgan fingerprint density at radius 1 is 1.24 bits per heavy atom. The van der Waals surface area contributed by atoms with Crippen LogP contribution < -0.4 is 0 Å². The zero-order chi connectivity index (χ0) is 14.8. The molecule has 3 rings (SSSR count). The van der Waals surface area contributed by atoms with Crippen LogP contribution in [0.5, 0.6) is 0 Å². The molecule has 0 aliphatic rings. The van der Waals surface area contributed by atoms with Crippen LogP contribution in [0.4, 0.5) is 0 Å². The fourth-order valence-electron chi connectivity index (χ4n) is 2.51. The maximum atomic E-state index is 10.4. The standard InChI is InChI=1S/C16H16ClN3O/c1-2-20-14-8-4-3-6-11(14)13(19-20)10-15(21)16-12(17)7-5-9-18-16/h3-9,15,21H,2,10H2,1H3. The number of hydrogen-bond acceptors (Lipinski definition) is 3. The van der Waals surface area contributed by atoms with Crippen molar-refractivity contribution in [1.82, 2.24) is 14.8 Å². The van der Waals surface area contributed by atoms with Gasteiger partial charge in [-0.1, -0.05) is 29.8 Å². The molecule has 1 atom stereocenters. The third-order valence-electron chi connectivity index (χ3n) is 3.52. The SMILES string of the molecule is CCn1nc(CC(O)c2ncccc2Cl)c2ccccc21. The van der Waals surface area contributed by atoms with E-state index in [-0.39, 0.29) is 0 Å². The van der Waals surface area contributed by atoms with Gasteiger partial charge in [-0.2, -0.15) is 5.10 Å². The first-order chi connectivity index (χ1) is 10.2. The average molecular weight is 302 g/mol. The highest BCUT2D eigenvalue weighted by atomic mass is 35.5. The lowest BCUT2D eigenvalue weighted by Gasteiger charge is -2.10. The van der Waals surface area contributed by atoms with Crippen molar-refractivity contribution in [2.24, 2.45) is 0 Å². The molecule has 3 aromatic rings. The molecular formula is C16H16ClN3O. The smallest absolute Gasteiger partial charge is 0.103 e. The largest absolute Gasteiger partial charge is 0.386 e. The fraction of sp³-hybridized carbons (Fsp3) is 0.250. The van der Waals surface area contributed by atoms with E-state index in [1.165, 1.54) is 0 Å². The van der Waals surface area contributed by atoms with Crippen molar-refractivity contribution >= 4 is 22.5 Å². The van der Waals surface area contributed by atoms with Crippen molar-refractivity contribution in [2.75, 3.05) is 0 Å². The summed E-state index contributed by atoms with van der Waals surface area (Å²) in [4.78, 5) is 4.16. The van der Waals surface area contributed by atoms with Crippen molar-refractivity contribution in [3.8, 4) is 0 Å². The van der Waals surface area contributed by atoms with E-state index in [1.54, 1.807) is 18.3 Å². The van der Waals surface area contributed by atoms with Crippen LogP contribution >= 0.6 is 11.6 Å². The summed E-state index contributed by atoms with van der Waals surface area (Å²) in [7, 11) is 0. The van der Waals surface area contributed by atoms with Gasteiger partial charge in [-0.05, 0) is 25.1 Å². The first-order valence-electron chi connectivity index (χ1n) is 6.93. The molecule has 2 heterocycles. The first-order valence-corrected chi connectivity index (χ1v) is 7.31. The fourth-order valence-corrected chi connectivity index (χ4v) is 2.76. The Hall–Kier alpha value is -1.91. The lowest BCUT2D eigenvalue weighted by molar-refractivity contribution is 0.172. The molecular weight excluding hydrogens is 286 g/mol. The Balaban J connectivity index is 1.97. The van der Waals surface area contributed by atoms with Crippen LogP contribution in [0.1, 0.15) is 24.4 Å². The summed E-state index contributed by atoms with van der Waals surface area (Å²) in [6.45, 7) is 2.84. The average Bonchev–Trinajstić information content (AvgIpc) is 2.86. The van der Waals surface area contributed by atoms with Crippen LogP contribution in [0.15, 0.2) is 42.6 Å². The van der Waals surface area contributed by atoms with Crippen LogP contribution in [0, 0.1) is 0 Å². The molecule has 0 radical (unpaired) electrons. The Morgan fingerprint density at radius 2 is 2.05 bits per heavy atom. The van der Waals surface area contributed by atoms with Gasteiger partial charge in [-0.15, -0.1) is 0 Å². The number of aliphatic hydroxyl groups is 1. The lowest BCUT2D eigenvalue weighted by atomic mass is 10.1. The number of fused-ring (bicyclic) bond motifs is 1. The monoisotopic (exact) mass is 301 g/mol. The summed E-state index contributed by atoms with van der Waals surface area (Å²) in [5, 5.41) is 16.5. The van der Waals surface area contributed by atoms with E-state index in [2.05, 4.69) is 17.0 Å². The summed E-state index contributed by atoms with van der Waals surface area (Å²) in [6.07, 6.45) is 1.26. The van der Waals surface area contributed by atoms with Crippen molar-refractivity contribution in [3.63, 3.8) is 0 Å². The summed E-state index contributed by atoms with van der Waals surface area (Å²) in [5.41, 5.74) is 2.44. The van der Waals surface area contributed by atoms with E-state index in [0.717, 1.165) is 23.1 Å². The second-order valence-corrected chi connectivity index (χ2v) is 5.28. The topological polar surface area (TPSA) is 50.9 Å². The molecule has 108 valence electrons. The third-order valence-corrected chi connectivity index (χ3v) is 3.84. The molecule has 0 fully saturated rings. The number of para-hydroxylation sites is 1. The van der Waals surface area contributed by atoms with Crippen LogP contribution in [-0.2, 0) is 13.0 Å². The van der Waals surface area contributed by atoms with Crippen molar-refractivity contribution in [2.45, 2.75) is 26.0 Å². The van der Waals surface area contributed by atoms with Gasteiger partial charge >= 0.3 is 0 Å². The normalized spacial score (nSPS) is 12.7. The minimum Gasteiger partial charge on any atom is -0.386 e. The van der Waals surface area contributed by atoms with Gasteiger partial charge in [-0.25, -0.2) is 0 Å². The van der Waals surface area contributed by atoms with E-state index in [4.69, 9.17) is 11.6 Å². The van der Waals surface area contributed by atoms with Crippen LogP contribution in [0.2, 0.25) is 5.02 Å². The van der Waals surface area contributed by atoms with Crippen molar-refractivity contribution < 1.29 is 5.11 Å². The summed E-state index contributed by atoms with van der Waals surface area (Å²) in [5.74, 6) is 0. The Bertz CT molecular complexity index is 769. The molecule has 0 saturated carbocycles. The zero-order valence-corrected chi connectivity index (χ0v) is 12.5. The van der Waals surface area contributed by atoms with Crippen LogP contribution in [-0.4, -0.2) is 19.9 Å². The number of hydrogen-bond donors (Lipinski definition) is 1. The maximum Gasteiger partial charge on any atom is 0.103 e. The maximum absolute atomic E-state index is 10.4. The van der Waals surface area contributed by atoms with E-state index in [9.17, 15) is 5.11 Å². The van der Waals surface area contributed by atoms with Crippen molar-refractivity contribution in [3.05, 3.63) is 59.0 Å². The number of aryl methyl sites for hydroxylation is 1. The van der Waals surface area contributed by atoms with Crippen LogP contribution in [0.3, 0.4) is 0 Å². The van der Waals surface area contributed by atoms with Crippen molar-refractivity contribution in [1.29, 1.82) is 0 Å². The molecule has 2 aromatic heterocycles. The van der Waals surface area contributed by atoms with E-state index >= 15 is 0 Å². The first kappa shape index (κ1) is 14.0. The van der Waals surface area contributed by atoms with Gasteiger partial charge in [0.2, 0.25) is 0 Å². The molecule has 0 amide bonds. The van der Waals surface area contributed by atoms with Gasteiger partial charge in [-0.3, -0.25) is 9.67 Å². The third kappa shape index (κ3) is 2.64. The zero-order valence-electron chi connectivity index (χ0n) is 11.7. The Kier molecular flexibility index (Phi) is 3.90. The second-order valence-electron chi connectivity index (χ2n) is 4.87. The van der Waals surface area contributed by atoms with E-state index in [0.29, 0.717) is 17.1 Å². The number of rotatable bonds is 4. The highest BCUT2D eigenvalue weighted by molar-refractivity contribution is 6.31. The molecule has 1 N–H and O–H groups in total. The molecule has 5 heteroatoms. The molecule has 21 heavy (non-hydrogen) atoms. The number of pyridine rings is 1. The molecule has 1 aromatic carbocycles. The summed E-state index contributed by atoms with van der Waals surface area (Å²) < 4.78 is 1.94. The number of aromatic nitrogens is 3. The molecule has 0 aliphatic carbocycles.